The van der Waals surface area contributed by atoms with Crippen molar-refractivity contribution in [3.05, 3.63) is 65.2 Å². The normalized spacial score (nSPS) is 28.6. The number of aryl methyl sites for hydroxylation is 2. The number of carbonyl (C=O) groups is 3. The number of unbranched alkanes of at least 4 members (excludes halogenated alkanes) is 2. The number of likely N-dealkylation sites (tertiary alicyclic amines) is 1. The Hall–Kier alpha value is -3.23. The Balaban J connectivity index is 1.47. The van der Waals surface area contributed by atoms with Crippen molar-refractivity contribution in [3.8, 4) is 0 Å². The molecule has 0 aliphatic carbocycles. The molecule has 3 aliphatic heterocycles. The number of rotatable bonds is 11. The number of ether oxygens (including phenoxy) is 1. The van der Waals surface area contributed by atoms with E-state index in [2.05, 4.69) is 10.6 Å². The highest BCUT2D eigenvalue weighted by Crippen LogP contribution is 2.64. The molecule has 8 nitrogen and oxygen atoms in total. The van der Waals surface area contributed by atoms with Crippen LogP contribution in [0.15, 0.2) is 48.5 Å². The predicted molar refractivity (Wildman–Crippen MR) is 152 cm³/mol. The third-order valence-corrected chi connectivity index (χ3v) is 9.23. The van der Waals surface area contributed by atoms with E-state index < -0.39 is 29.1 Å². The molecule has 40 heavy (non-hydrogen) atoms. The zero-order valence-electron chi connectivity index (χ0n) is 23.7. The number of benzene rings is 2. The van der Waals surface area contributed by atoms with E-state index in [0.717, 1.165) is 23.1 Å². The third-order valence-electron chi connectivity index (χ3n) is 9.23. The number of carbonyl (C=O) groups excluding carboxylic acids is 3. The number of hydrogen-bond donors (Lipinski definition) is 3. The monoisotopic (exact) mass is 547 g/mol. The van der Waals surface area contributed by atoms with E-state index >= 15 is 0 Å². The molecule has 0 aromatic heterocycles. The van der Waals surface area contributed by atoms with E-state index in [1.54, 1.807) is 4.90 Å². The van der Waals surface area contributed by atoms with Gasteiger partial charge in [-0.1, -0.05) is 49.4 Å². The van der Waals surface area contributed by atoms with Crippen LogP contribution in [0.25, 0.3) is 0 Å². The minimum Gasteiger partial charge on any atom is -0.396 e. The first-order chi connectivity index (χ1) is 19.3. The molecule has 2 unspecified atom stereocenters. The van der Waals surface area contributed by atoms with Crippen LogP contribution in [0.1, 0.15) is 62.1 Å². The van der Waals surface area contributed by atoms with Gasteiger partial charge >= 0.3 is 0 Å². The van der Waals surface area contributed by atoms with Crippen molar-refractivity contribution in [1.82, 2.24) is 10.2 Å². The van der Waals surface area contributed by atoms with Gasteiger partial charge in [0.15, 0.2) is 0 Å². The van der Waals surface area contributed by atoms with Crippen LogP contribution in [0.4, 0.5) is 5.69 Å². The Morgan fingerprint density at radius 3 is 2.55 bits per heavy atom. The number of hydrogen-bond acceptors (Lipinski definition) is 5. The van der Waals surface area contributed by atoms with Crippen LogP contribution in [0, 0.1) is 25.7 Å². The molecule has 1 spiro atoms. The highest BCUT2D eigenvalue weighted by molar-refractivity contribution is 6.04. The van der Waals surface area contributed by atoms with Gasteiger partial charge in [-0.05, 0) is 75.1 Å². The fraction of sp³-hybridized carbons (Fsp3) is 0.531. The van der Waals surface area contributed by atoms with Crippen LogP contribution < -0.4 is 10.6 Å². The molecule has 0 radical (unpaired) electrons. The summed E-state index contributed by atoms with van der Waals surface area (Å²) in [5.74, 6) is -2.03. The molecule has 214 valence electrons. The van der Waals surface area contributed by atoms with Gasteiger partial charge in [0.05, 0.1) is 17.4 Å². The number of nitrogens with zero attached hydrogens (tertiary/aromatic N) is 1. The summed E-state index contributed by atoms with van der Waals surface area (Å²) in [4.78, 5) is 43.8. The van der Waals surface area contributed by atoms with Gasteiger partial charge in [-0.3, -0.25) is 14.4 Å². The van der Waals surface area contributed by atoms with Gasteiger partial charge in [0.1, 0.15) is 11.6 Å². The van der Waals surface area contributed by atoms with Crippen LogP contribution in [-0.2, 0) is 25.7 Å². The van der Waals surface area contributed by atoms with Crippen LogP contribution in [0.2, 0.25) is 0 Å². The fourth-order valence-corrected chi connectivity index (χ4v) is 7.19. The first kappa shape index (κ1) is 28.3. The lowest BCUT2D eigenvalue weighted by Crippen LogP contribution is -2.53. The summed E-state index contributed by atoms with van der Waals surface area (Å²) in [5, 5.41) is 15.4. The van der Waals surface area contributed by atoms with E-state index in [1.165, 1.54) is 0 Å². The molecule has 2 bridgehead atoms. The van der Waals surface area contributed by atoms with Crippen molar-refractivity contribution in [2.24, 2.45) is 11.8 Å². The number of amides is 3. The topological polar surface area (TPSA) is 108 Å². The van der Waals surface area contributed by atoms with Crippen molar-refractivity contribution >= 4 is 23.4 Å². The Morgan fingerprint density at radius 1 is 1.05 bits per heavy atom. The zero-order valence-corrected chi connectivity index (χ0v) is 23.7. The Morgan fingerprint density at radius 2 is 1.82 bits per heavy atom. The van der Waals surface area contributed by atoms with Crippen LogP contribution in [0.3, 0.4) is 0 Å². The molecule has 3 heterocycles. The molecule has 3 aliphatic rings. The summed E-state index contributed by atoms with van der Waals surface area (Å²) in [5.41, 5.74) is 1.83. The van der Waals surface area contributed by atoms with Crippen LogP contribution in [0.5, 0.6) is 0 Å². The molecule has 0 saturated carbocycles. The Bertz CT molecular complexity index is 1270. The van der Waals surface area contributed by atoms with E-state index in [4.69, 9.17) is 4.74 Å². The maximum absolute atomic E-state index is 14.2. The van der Waals surface area contributed by atoms with E-state index in [1.807, 2.05) is 69.3 Å². The highest BCUT2D eigenvalue weighted by atomic mass is 16.5. The summed E-state index contributed by atoms with van der Waals surface area (Å²) >= 11 is 0. The second-order valence-electron chi connectivity index (χ2n) is 11.7. The van der Waals surface area contributed by atoms with Gasteiger partial charge in [0.25, 0.3) is 0 Å². The van der Waals surface area contributed by atoms with Crippen LogP contribution in [-0.4, -0.2) is 58.1 Å². The molecule has 2 aromatic rings. The summed E-state index contributed by atoms with van der Waals surface area (Å²) in [6.45, 7) is 6.75. The minimum absolute atomic E-state index is 0.0862. The van der Waals surface area contributed by atoms with E-state index in [9.17, 15) is 19.5 Å². The minimum atomic E-state index is -1.05. The van der Waals surface area contributed by atoms with Crippen molar-refractivity contribution < 1.29 is 24.2 Å². The largest absolute Gasteiger partial charge is 0.396 e. The van der Waals surface area contributed by atoms with Crippen molar-refractivity contribution in [3.63, 3.8) is 0 Å². The van der Waals surface area contributed by atoms with Gasteiger partial charge in [-0.25, -0.2) is 0 Å². The average molecular weight is 548 g/mol. The molecular weight excluding hydrogens is 506 g/mol. The number of anilines is 1. The van der Waals surface area contributed by atoms with Crippen molar-refractivity contribution in [1.29, 1.82) is 0 Å². The molecule has 8 heteroatoms. The van der Waals surface area contributed by atoms with E-state index in [0.29, 0.717) is 50.9 Å². The number of aliphatic hydroxyl groups is 1. The lowest BCUT2D eigenvalue weighted by atomic mass is 9.65. The SMILES string of the molecule is CC[C@]12CCC3(O1)C(C(=O)Nc1cc(C)ccc1C)N(CCCCCO)C(=O)[C@@H]3[C@H]2C(=O)NCc1ccccc1. The maximum atomic E-state index is 14.2. The van der Waals surface area contributed by atoms with Gasteiger partial charge in [0, 0.05) is 25.4 Å². The smallest absolute Gasteiger partial charge is 0.250 e. The lowest BCUT2D eigenvalue weighted by molar-refractivity contribution is -0.146. The molecule has 5 atom stereocenters. The standard InChI is InChI=1S/C32H41N3O5/c1-4-31-15-16-32(40-31)26(25(31)28(37)33-20-23-11-7-5-8-12-23)30(39)35(17-9-6-10-18-36)27(32)29(38)34-24-19-21(2)13-14-22(24)3/h5,7-8,11-14,19,25-27,36H,4,6,9-10,15-18,20H2,1-3H3,(H,33,37)(H,34,38)/t25-,26-,27?,31+,32?/m0/s1. The van der Waals surface area contributed by atoms with Crippen LogP contribution >= 0.6 is 0 Å². The molecule has 2 aromatic carbocycles. The summed E-state index contributed by atoms with van der Waals surface area (Å²) in [6, 6.07) is 14.8. The fourth-order valence-electron chi connectivity index (χ4n) is 7.19. The molecule has 5 rings (SSSR count). The third kappa shape index (κ3) is 4.81. The predicted octanol–water partition coefficient (Wildman–Crippen LogP) is 3.88. The Labute approximate surface area is 236 Å². The maximum Gasteiger partial charge on any atom is 0.250 e. The number of aliphatic hydroxyl groups excluding tert-OH is 1. The second-order valence-corrected chi connectivity index (χ2v) is 11.7. The number of fused-ring (bicyclic) bond motifs is 1. The molecule has 3 amide bonds. The second kappa shape index (κ2) is 11.3. The van der Waals surface area contributed by atoms with Gasteiger partial charge in [-0.2, -0.15) is 0 Å². The van der Waals surface area contributed by atoms with Gasteiger partial charge < -0.3 is 25.4 Å². The lowest BCUT2D eigenvalue weighted by Gasteiger charge is -2.34. The van der Waals surface area contributed by atoms with Gasteiger partial charge in [-0.15, -0.1) is 0 Å². The summed E-state index contributed by atoms with van der Waals surface area (Å²) in [7, 11) is 0. The van der Waals surface area contributed by atoms with Crippen molar-refractivity contribution in [2.45, 2.75) is 83.1 Å². The van der Waals surface area contributed by atoms with Gasteiger partial charge in [0.2, 0.25) is 17.7 Å². The first-order valence-electron chi connectivity index (χ1n) is 14.6. The molecule has 3 saturated heterocycles. The van der Waals surface area contributed by atoms with Crippen molar-refractivity contribution in [2.75, 3.05) is 18.5 Å². The highest BCUT2D eigenvalue weighted by Gasteiger charge is 2.78. The first-order valence-corrected chi connectivity index (χ1v) is 14.6. The summed E-state index contributed by atoms with van der Waals surface area (Å²) < 4.78 is 6.84. The molecule has 3 fully saturated rings. The molecule has 3 N–H and O–H groups in total. The van der Waals surface area contributed by atoms with E-state index in [-0.39, 0.29) is 24.3 Å². The Kier molecular flexibility index (Phi) is 8.02. The summed E-state index contributed by atoms with van der Waals surface area (Å²) in [6.07, 6.45) is 3.80. The number of nitrogens with one attached hydrogen (secondary N) is 2. The zero-order chi connectivity index (χ0) is 28.5. The average Bonchev–Trinajstić information content (AvgIpc) is 3.56. The molecular formula is C32H41N3O5. The quantitative estimate of drug-likeness (QED) is 0.370.